The Morgan fingerprint density at radius 1 is 1.59 bits per heavy atom. The molecular formula is C11H20N2O4. The van der Waals surface area contributed by atoms with Gasteiger partial charge in [0, 0.05) is 26.2 Å². The maximum atomic E-state index is 11.5. The molecule has 0 aromatic heterocycles. The molecular weight excluding hydrogens is 224 g/mol. The van der Waals surface area contributed by atoms with E-state index in [2.05, 4.69) is 5.32 Å². The molecule has 0 aromatic rings. The van der Waals surface area contributed by atoms with Gasteiger partial charge in [0.05, 0.1) is 12.5 Å². The number of carboxylic acids is 1. The van der Waals surface area contributed by atoms with Crippen LogP contribution in [0.3, 0.4) is 0 Å². The van der Waals surface area contributed by atoms with Gasteiger partial charge in [0.25, 0.3) is 0 Å². The molecule has 0 spiro atoms. The first-order valence-corrected chi connectivity index (χ1v) is 5.90. The van der Waals surface area contributed by atoms with Crippen molar-refractivity contribution in [2.75, 3.05) is 32.8 Å². The van der Waals surface area contributed by atoms with Crippen LogP contribution in [0.1, 0.15) is 13.8 Å². The Balaban J connectivity index is 2.52. The molecule has 0 bridgehead atoms. The molecule has 6 heteroatoms. The summed E-state index contributed by atoms with van der Waals surface area (Å²) in [5.41, 5.74) is 0. The Bertz CT molecular complexity index is 283. The van der Waals surface area contributed by atoms with Gasteiger partial charge in [-0.2, -0.15) is 0 Å². The number of aliphatic carboxylic acids is 1. The Morgan fingerprint density at radius 2 is 2.29 bits per heavy atom. The van der Waals surface area contributed by atoms with Crippen LogP contribution < -0.4 is 5.32 Å². The van der Waals surface area contributed by atoms with Crippen LogP contribution in [0.5, 0.6) is 0 Å². The summed E-state index contributed by atoms with van der Waals surface area (Å²) >= 11 is 0. The van der Waals surface area contributed by atoms with Crippen molar-refractivity contribution in [1.82, 2.24) is 10.2 Å². The lowest BCUT2D eigenvalue weighted by Crippen LogP contribution is -2.56. The summed E-state index contributed by atoms with van der Waals surface area (Å²) < 4.78 is 4.91. The van der Waals surface area contributed by atoms with Crippen LogP contribution >= 0.6 is 0 Å². The van der Waals surface area contributed by atoms with E-state index in [9.17, 15) is 9.59 Å². The number of carboxylic acid groups (broad SMARTS) is 1. The normalized spacial score (nSPS) is 23.1. The van der Waals surface area contributed by atoms with Crippen LogP contribution in [0.2, 0.25) is 0 Å². The van der Waals surface area contributed by atoms with Crippen molar-refractivity contribution in [2.45, 2.75) is 19.9 Å². The van der Waals surface area contributed by atoms with Gasteiger partial charge in [-0.3, -0.25) is 14.5 Å². The number of hydrogen-bond acceptors (Lipinski definition) is 5. The van der Waals surface area contributed by atoms with Gasteiger partial charge in [-0.05, 0) is 6.92 Å². The molecule has 1 aliphatic heterocycles. The second-order valence-corrected chi connectivity index (χ2v) is 4.21. The minimum Gasteiger partial charge on any atom is -0.480 e. The third-order valence-corrected chi connectivity index (χ3v) is 2.84. The summed E-state index contributed by atoms with van der Waals surface area (Å²) in [6, 6.07) is -0.555. The Labute approximate surface area is 101 Å². The van der Waals surface area contributed by atoms with Crippen LogP contribution in [-0.4, -0.2) is 60.8 Å². The van der Waals surface area contributed by atoms with Crippen molar-refractivity contribution in [1.29, 1.82) is 0 Å². The van der Waals surface area contributed by atoms with Gasteiger partial charge in [0.2, 0.25) is 0 Å². The second-order valence-electron chi connectivity index (χ2n) is 4.21. The zero-order valence-corrected chi connectivity index (χ0v) is 10.3. The molecule has 0 aromatic carbocycles. The molecule has 1 aliphatic rings. The van der Waals surface area contributed by atoms with Gasteiger partial charge in [-0.15, -0.1) is 0 Å². The number of piperazine rings is 1. The van der Waals surface area contributed by atoms with Gasteiger partial charge in [-0.25, -0.2) is 0 Å². The lowest BCUT2D eigenvalue weighted by Gasteiger charge is -2.34. The highest BCUT2D eigenvalue weighted by atomic mass is 16.5. The zero-order valence-electron chi connectivity index (χ0n) is 10.3. The van der Waals surface area contributed by atoms with E-state index in [1.807, 2.05) is 4.90 Å². The fourth-order valence-corrected chi connectivity index (χ4v) is 1.92. The third kappa shape index (κ3) is 3.98. The summed E-state index contributed by atoms with van der Waals surface area (Å²) in [7, 11) is 0. The summed E-state index contributed by atoms with van der Waals surface area (Å²) in [5.74, 6) is -1.42. The topological polar surface area (TPSA) is 78.9 Å². The van der Waals surface area contributed by atoms with Crippen molar-refractivity contribution >= 4 is 11.9 Å². The third-order valence-electron chi connectivity index (χ3n) is 2.84. The predicted octanol–water partition coefficient (Wildman–Crippen LogP) is -0.456. The van der Waals surface area contributed by atoms with Gasteiger partial charge < -0.3 is 15.2 Å². The summed E-state index contributed by atoms with van der Waals surface area (Å²) in [5, 5.41) is 12.1. The van der Waals surface area contributed by atoms with Gasteiger partial charge in [0.1, 0.15) is 6.04 Å². The van der Waals surface area contributed by atoms with E-state index in [1.165, 1.54) is 0 Å². The van der Waals surface area contributed by atoms with Crippen LogP contribution in [0.4, 0.5) is 0 Å². The van der Waals surface area contributed by atoms with Gasteiger partial charge >= 0.3 is 11.9 Å². The minimum absolute atomic E-state index is 0.268. The van der Waals surface area contributed by atoms with Crippen LogP contribution in [0.25, 0.3) is 0 Å². The molecule has 1 fully saturated rings. The Kier molecular flexibility index (Phi) is 5.37. The minimum atomic E-state index is -0.853. The van der Waals surface area contributed by atoms with Crippen LogP contribution in [0.15, 0.2) is 0 Å². The maximum Gasteiger partial charge on any atom is 0.322 e. The number of esters is 1. The first-order valence-electron chi connectivity index (χ1n) is 5.90. The van der Waals surface area contributed by atoms with E-state index in [0.29, 0.717) is 26.2 Å². The molecule has 0 radical (unpaired) electrons. The highest BCUT2D eigenvalue weighted by Crippen LogP contribution is 2.09. The number of nitrogens with one attached hydrogen (secondary N) is 1. The zero-order chi connectivity index (χ0) is 12.8. The molecule has 1 rings (SSSR count). The number of carbonyl (C=O) groups excluding carboxylic acids is 1. The fraction of sp³-hybridized carbons (Fsp3) is 0.818. The van der Waals surface area contributed by atoms with Crippen LogP contribution in [0, 0.1) is 5.92 Å². The van der Waals surface area contributed by atoms with E-state index >= 15 is 0 Å². The van der Waals surface area contributed by atoms with Crippen molar-refractivity contribution in [3.05, 3.63) is 0 Å². The molecule has 2 unspecified atom stereocenters. The highest BCUT2D eigenvalue weighted by Gasteiger charge is 2.30. The molecule has 0 saturated carbocycles. The number of hydrogen-bond donors (Lipinski definition) is 2. The first kappa shape index (κ1) is 13.9. The van der Waals surface area contributed by atoms with E-state index in [-0.39, 0.29) is 11.9 Å². The fourth-order valence-electron chi connectivity index (χ4n) is 1.92. The Hall–Kier alpha value is -1.14. The lowest BCUT2D eigenvalue weighted by atomic mass is 10.1. The highest BCUT2D eigenvalue weighted by molar-refractivity contribution is 5.75. The molecule has 2 atom stereocenters. The number of carbonyl (C=O) groups is 2. The smallest absolute Gasteiger partial charge is 0.322 e. The molecule has 6 nitrogen and oxygen atoms in total. The van der Waals surface area contributed by atoms with Crippen molar-refractivity contribution in [3.8, 4) is 0 Å². The molecule has 0 amide bonds. The molecule has 1 heterocycles. The molecule has 17 heavy (non-hydrogen) atoms. The van der Waals surface area contributed by atoms with E-state index in [4.69, 9.17) is 9.84 Å². The van der Waals surface area contributed by atoms with Crippen LogP contribution in [-0.2, 0) is 14.3 Å². The molecule has 98 valence electrons. The summed E-state index contributed by atoms with van der Waals surface area (Å²) in [6.07, 6.45) is 0. The van der Waals surface area contributed by atoms with E-state index < -0.39 is 12.0 Å². The van der Waals surface area contributed by atoms with E-state index in [1.54, 1.807) is 13.8 Å². The second kappa shape index (κ2) is 6.56. The largest absolute Gasteiger partial charge is 0.480 e. The Morgan fingerprint density at radius 3 is 2.88 bits per heavy atom. The van der Waals surface area contributed by atoms with Gasteiger partial charge in [-0.1, -0.05) is 6.92 Å². The monoisotopic (exact) mass is 244 g/mol. The maximum absolute atomic E-state index is 11.5. The predicted molar refractivity (Wildman–Crippen MR) is 61.7 cm³/mol. The number of rotatable bonds is 5. The SMILES string of the molecule is CCOC(=O)C(C)CN1CCNCC1C(=O)O. The molecule has 1 saturated heterocycles. The van der Waals surface area contributed by atoms with E-state index in [0.717, 1.165) is 6.54 Å². The molecule has 0 aliphatic carbocycles. The lowest BCUT2D eigenvalue weighted by molar-refractivity contribution is -0.151. The van der Waals surface area contributed by atoms with Gasteiger partial charge in [0.15, 0.2) is 0 Å². The quantitative estimate of drug-likeness (QED) is 0.637. The summed E-state index contributed by atoms with van der Waals surface area (Å²) in [6.45, 7) is 6.11. The van der Waals surface area contributed by atoms with Crippen molar-refractivity contribution in [3.63, 3.8) is 0 Å². The average Bonchev–Trinajstić information content (AvgIpc) is 2.29. The summed E-state index contributed by atoms with van der Waals surface area (Å²) in [4.78, 5) is 24.3. The number of ether oxygens (including phenoxy) is 1. The van der Waals surface area contributed by atoms with Crippen molar-refractivity contribution < 1.29 is 19.4 Å². The average molecular weight is 244 g/mol. The standard InChI is InChI=1S/C11H20N2O4/c1-3-17-11(16)8(2)7-13-5-4-12-6-9(13)10(14)15/h8-9,12H,3-7H2,1-2H3,(H,14,15). The first-order chi connectivity index (χ1) is 8.06. The van der Waals surface area contributed by atoms with Crippen molar-refractivity contribution in [2.24, 2.45) is 5.92 Å². The number of nitrogens with zero attached hydrogens (tertiary/aromatic N) is 1. The molecule has 2 N–H and O–H groups in total.